The van der Waals surface area contributed by atoms with Crippen LogP contribution in [0.2, 0.25) is 10.0 Å². The molecule has 94 valence electrons. The fourth-order valence-corrected chi connectivity index (χ4v) is 2.68. The molecule has 1 atom stereocenters. The molecule has 0 spiro atoms. The molecule has 0 saturated heterocycles. The third-order valence-electron chi connectivity index (χ3n) is 2.70. The average molecular weight is 345 g/mol. The first-order chi connectivity index (χ1) is 8.56. The lowest BCUT2D eigenvalue weighted by molar-refractivity contribution is 0.722. The SMILES string of the molecule is NC(Cc1cccc(Cl)c1)c1cc(Br)ccc1Cl. The molecular formula is C14H12BrCl2N. The highest BCUT2D eigenvalue weighted by atomic mass is 79.9. The highest BCUT2D eigenvalue weighted by Crippen LogP contribution is 2.27. The van der Waals surface area contributed by atoms with Crippen molar-refractivity contribution in [1.82, 2.24) is 0 Å². The summed E-state index contributed by atoms with van der Waals surface area (Å²) in [5.74, 6) is 0. The van der Waals surface area contributed by atoms with E-state index in [-0.39, 0.29) is 6.04 Å². The third-order valence-corrected chi connectivity index (χ3v) is 3.77. The van der Waals surface area contributed by atoms with Crippen molar-refractivity contribution in [2.75, 3.05) is 0 Å². The first-order valence-electron chi connectivity index (χ1n) is 5.51. The maximum Gasteiger partial charge on any atom is 0.0454 e. The zero-order valence-electron chi connectivity index (χ0n) is 9.54. The van der Waals surface area contributed by atoms with Gasteiger partial charge in [0.2, 0.25) is 0 Å². The molecule has 0 heterocycles. The molecule has 0 aliphatic carbocycles. The molecule has 2 aromatic carbocycles. The predicted molar refractivity (Wildman–Crippen MR) is 81.2 cm³/mol. The Labute approximate surface area is 125 Å². The van der Waals surface area contributed by atoms with Gasteiger partial charge in [-0.2, -0.15) is 0 Å². The molecule has 18 heavy (non-hydrogen) atoms. The van der Waals surface area contributed by atoms with E-state index in [1.807, 2.05) is 42.5 Å². The van der Waals surface area contributed by atoms with Gasteiger partial charge in [-0.3, -0.25) is 0 Å². The van der Waals surface area contributed by atoms with E-state index in [2.05, 4.69) is 15.9 Å². The maximum atomic E-state index is 6.20. The summed E-state index contributed by atoms with van der Waals surface area (Å²) in [6.07, 6.45) is 0.705. The van der Waals surface area contributed by atoms with Crippen molar-refractivity contribution in [3.63, 3.8) is 0 Å². The van der Waals surface area contributed by atoms with Gasteiger partial charge in [-0.15, -0.1) is 0 Å². The Hall–Kier alpha value is -0.540. The van der Waals surface area contributed by atoms with Gasteiger partial charge < -0.3 is 5.73 Å². The van der Waals surface area contributed by atoms with Crippen LogP contribution in [0.1, 0.15) is 17.2 Å². The monoisotopic (exact) mass is 343 g/mol. The van der Waals surface area contributed by atoms with Gasteiger partial charge in [0.15, 0.2) is 0 Å². The van der Waals surface area contributed by atoms with Crippen molar-refractivity contribution in [2.45, 2.75) is 12.5 Å². The maximum absolute atomic E-state index is 6.20. The third kappa shape index (κ3) is 3.48. The van der Waals surface area contributed by atoms with Crippen LogP contribution in [0, 0.1) is 0 Å². The van der Waals surface area contributed by atoms with E-state index in [1.54, 1.807) is 0 Å². The van der Waals surface area contributed by atoms with E-state index in [0.29, 0.717) is 11.4 Å². The van der Waals surface area contributed by atoms with Crippen molar-refractivity contribution < 1.29 is 0 Å². The van der Waals surface area contributed by atoms with Gasteiger partial charge in [0.25, 0.3) is 0 Å². The van der Waals surface area contributed by atoms with E-state index in [4.69, 9.17) is 28.9 Å². The largest absolute Gasteiger partial charge is 0.324 e. The van der Waals surface area contributed by atoms with Crippen LogP contribution in [0.25, 0.3) is 0 Å². The molecular weight excluding hydrogens is 333 g/mol. The minimum atomic E-state index is -0.145. The summed E-state index contributed by atoms with van der Waals surface area (Å²) in [7, 11) is 0. The molecule has 2 rings (SSSR count). The minimum absolute atomic E-state index is 0.145. The number of hydrogen-bond donors (Lipinski definition) is 1. The van der Waals surface area contributed by atoms with Crippen LogP contribution in [0.5, 0.6) is 0 Å². The fourth-order valence-electron chi connectivity index (χ4n) is 1.83. The van der Waals surface area contributed by atoms with Gasteiger partial charge in [0.05, 0.1) is 0 Å². The second-order valence-corrected chi connectivity index (χ2v) is 5.87. The van der Waals surface area contributed by atoms with Gasteiger partial charge in [0.1, 0.15) is 0 Å². The Morgan fingerprint density at radius 1 is 1.11 bits per heavy atom. The Morgan fingerprint density at radius 2 is 1.89 bits per heavy atom. The number of benzene rings is 2. The van der Waals surface area contributed by atoms with E-state index >= 15 is 0 Å². The minimum Gasteiger partial charge on any atom is -0.324 e. The van der Waals surface area contributed by atoms with Crippen LogP contribution >= 0.6 is 39.1 Å². The lowest BCUT2D eigenvalue weighted by atomic mass is 10.00. The number of hydrogen-bond acceptors (Lipinski definition) is 1. The molecule has 0 aromatic heterocycles. The Bertz CT molecular complexity index is 557. The van der Waals surface area contributed by atoms with Crippen LogP contribution in [-0.4, -0.2) is 0 Å². The first-order valence-corrected chi connectivity index (χ1v) is 7.06. The Morgan fingerprint density at radius 3 is 2.61 bits per heavy atom. The summed E-state index contributed by atoms with van der Waals surface area (Å²) in [5.41, 5.74) is 8.24. The van der Waals surface area contributed by atoms with Gasteiger partial charge >= 0.3 is 0 Å². The van der Waals surface area contributed by atoms with Crippen LogP contribution in [0.3, 0.4) is 0 Å². The first kappa shape index (κ1) is 13.9. The van der Waals surface area contributed by atoms with Crippen molar-refractivity contribution in [3.05, 3.63) is 68.1 Å². The van der Waals surface area contributed by atoms with Crippen molar-refractivity contribution in [2.24, 2.45) is 5.73 Å². The quantitative estimate of drug-likeness (QED) is 0.833. The van der Waals surface area contributed by atoms with Crippen LogP contribution < -0.4 is 5.73 Å². The summed E-state index contributed by atoms with van der Waals surface area (Å²) in [6.45, 7) is 0. The van der Waals surface area contributed by atoms with Crippen molar-refractivity contribution in [1.29, 1.82) is 0 Å². The smallest absolute Gasteiger partial charge is 0.0454 e. The standard InChI is InChI=1S/C14H12BrCl2N/c15-10-4-5-13(17)12(8-10)14(18)7-9-2-1-3-11(16)6-9/h1-6,8,14H,7,18H2. The molecule has 0 amide bonds. The average Bonchev–Trinajstić information content (AvgIpc) is 2.32. The zero-order valence-corrected chi connectivity index (χ0v) is 12.6. The molecule has 0 bridgehead atoms. The van der Waals surface area contributed by atoms with Gasteiger partial charge in [-0.25, -0.2) is 0 Å². The molecule has 4 heteroatoms. The van der Waals surface area contributed by atoms with Gasteiger partial charge in [-0.05, 0) is 47.9 Å². The summed E-state index contributed by atoms with van der Waals surface area (Å²) < 4.78 is 0.975. The highest BCUT2D eigenvalue weighted by molar-refractivity contribution is 9.10. The molecule has 1 nitrogen and oxygen atoms in total. The van der Waals surface area contributed by atoms with E-state index in [9.17, 15) is 0 Å². The normalized spacial score (nSPS) is 12.4. The summed E-state index contributed by atoms with van der Waals surface area (Å²) >= 11 is 15.5. The molecule has 2 aromatic rings. The molecule has 0 aliphatic heterocycles. The lowest BCUT2D eigenvalue weighted by Crippen LogP contribution is -2.13. The zero-order chi connectivity index (χ0) is 13.1. The number of rotatable bonds is 3. The summed E-state index contributed by atoms with van der Waals surface area (Å²) in [5, 5.41) is 1.41. The number of nitrogens with two attached hydrogens (primary N) is 1. The molecule has 0 aliphatic rings. The molecule has 1 unspecified atom stereocenters. The van der Waals surface area contributed by atoms with Crippen LogP contribution in [0.4, 0.5) is 0 Å². The molecule has 0 fully saturated rings. The Kier molecular flexibility index (Phi) is 4.68. The van der Waals surface area contributed by atoms with Crippen molar-refractivity contribution >= 4 is 39.1 Å². The molecule has 0 radical (unpaired) electrons. The topological polar surface area (TPSA) is 26.0 Å². The fraction of sp³-hybridized carbons (Fsp3) is 0.143. The van der Waals surface area contributed by atoms with Gasteiger partial charge in [-0.1, -0.05) is 51.3 Å². The predicted octanol–water partition coefficient (Wildman–Crippen LogP) is 5.00. The second-order valence-electron chi connectivity index (χ2n) is 4.11. The van der Waals surface area contributed by atoms with E-state index in [0.717, 1.165) is 20.6 Å². The lowest BCUT2D eigenvalue weighted by Gasteiger charge is -2.14. The summed E-state index contributed by atoms with van der Waals surface area (Å²) in [4.78, 5) is 0. The van der Waals surface area contributed by atoms with E-state index < -0.39 is 0 Å². The van der Waals surface area contributed by atoms with Crippen molar-refractivity contribution in [3.8, 4) is 0 Å². The highest BCUT2D eigenvalue weighted by Gasteiger charge is 2.11. The molecule has 2 N–H and O–H groups in total. The second kappa shape index (κ2) is 6.07. The van der Waals surface area contributed by atoms with E-state index in [1.165, 1.54) is 0 Å². The van der Waals surface area contributed by atoms with Crippen LogP contribution in [-0.2, 0) is 6.42 Å². The molecule has 0 saturated carbocycles. The van der Waals surface area contributed by atoms with Crippen LogP contribution in [0.15, 0.2) is 46.9 Å². The summed E-state index contributed by atoms with van der Waals surface area (Å²) in [6, 6.07) is 13.3. The number of halogens is 3. The van der Waals surface area contributed by atoms with Gasteiger partial charge in [0, 0.05) is 20.6 Å². The Balaban J connectivity index is 2.21.